The molecule has 100 valence electrons. The number of hydrogen-bond donors (Lipinski definition) is 2. The minimum absolute atomic E-state index is 0.0397. The number of carbonyl (C=O) groups is 1. The monoisotopic (exact) mass is 242 g/mol. The molecule has 2 N–H and O–H groups in total. The molecular formula is C13H26N2O2. The van der Waals surface area contributed by atoms with Gasteiger partial charge in [-0.15, -0.1) is 0 Å². The van der Waals surface area contributed by atoms with Crippen LogP contribution >= 0.6 is 0 Å². The third-order valence-electron chi connectivity index (χ3n) is 3.38. The molecule has 1 heterocycles. The van der Waals surface area contributed by atoms with E-state index in [2.05, 4.69) is 19.2 Å². The number of aliphatic hydroxyl groups excluding tert-OH is 1. The minimum atomic E-state index is -0.0397. The van der Waals surface area contributed by atoms with E-state index in [1.807, 2.05) is 0 Å². The fourth-order valence-electron chi connectivity index (χ4n) is 2.36. The van der Waals surface area contributed by atoms with Crippen LogP contribution in [0.25, 0.3) is 0 Å². The van der Waals surface area contributed by atoms with Gasteiger partial charge in [0.05, 0.1) is 12.6 Å². The van der Waals surface area contributed by atoms with Crippen LogP contribution in [0.3, 0.4) is 0 Å². The maximum absolute atomic E-state index is 12.3. The molecule has 4 nitrogen and oxygen atoms in total. The largest absolute Gasteiger partial charge is 0.395 e. The smallest absolute Gasteiger partial charge is 0.239 e. The Kier molecular flexibility index (Phi) is 6.52. The van der Waals surface area contributed by atoms with Crippen molar-refractivity contribution in [3.8, 4) is 0 Å². The summed E-state index contributed by atoms with van der Waals surface area (Å²) in [5.41, 5.74) is 0. The van der Waals surface area contributed by atoms with E-state index in [9.17, 15) is 4.79 Å². The van der Waals surface area contributed by atoms with Crippen molar-refractivity contribution < 1.29 is 9.90 Å². The van der Waals surface area contributed by atoms with Gasteiger partial charge in [0.1, 0.15) is 0 Å². The van der Waals surface area contributed by atoms with Crippen LogP contribution in [0.2, 0.25) is 0 Å². The molecule has 0 aliphatic carbocycles. The highest BCUT2D eigenvalue weighted by atomic mass is 16.3. The number of rotatable bonds is 6. The molecule has 0 bridgehead atoms. The van der Waals surface area contributed by atoms with Gasteiger partial charge in [-0.05, 0) is 32.6 Å². The maximum Gasteiger partial charge on any atom is 0.239 e. The molecule has 1 aliphatic heterocycles. The zero-order valence-corrected chi connectivity index (χ0v) is 11.1. The molecule has 4 heteroatoms. The molecule has 0 aromatic rings. The molecule has 1 fully saturated rings. The summed E-state index contributed by atoms with van der Waals surface area (Å²) in [4.78, 5) is 14.1. The van der Waals surface area contributed by atoms with Crippen molar-refractivity contribution in [3.05, 3.63) is 0 Å². The summed E-state index contributed by atoms with van der Waals surface area (Å²) in [6, 6.07) is 0.391. The lowest BCUT2D eigenvalue weighted by atomic mass is 9.98. The second kappa shape index (κ2) is 7.67. The lowest BCUT2D eigenvalue weighted by Crippen LogP contribution is -2.52. The SMILES string of the molecule is CCCCN(CCO)C(=O)C1CCCC(C)N1. The fraction of sp³-hybridized carbons (Fsp3) is 0.923. The van der Waals surface area contributed by atoms with E-state index in [4.69, 9.17) is 5.11 Å². The Labute approximate surface area is 104 Å². The summed E-state index contributed by atoms with van der Waals surface area (Å²) in [5, 5.41) is 12.4. The number of hydrogen-bond acceptors (Lipinski definition) is 3. The van der Waals surface area contributed by atoms with Crippen LogP contribution in [0, 0.1) is 0 Å². The number of aliphatic hydroxyl groups is 1. The summed E-state index contributed by atoms with van der Waals surface area (Å²) >= 11 is 0. The van der Waals surface area contributed by atoms with E-state index in [1.54, 1.807) is 4.90 Å². The predicted octanol–water partition coefficient (Wildman–Crippen LogP) is 1.14. The number of nitrogens with zero attached hydrogens (tertiary/aromatic N) is 1. The molecule has 1 aliphatic rings. The zero-order valence-electron chi connectivity index (χ0n) is 11.1. The summed E-state index contributed by atoms with van der Waals surface area (Å²) in [6.45, 7) is 5.52. The van der Waals surface area contributed by atoms with Gasteiger partial charge >= 0.3 is 0 Å². The first-order valence-electron chi connectivity index (χ1n) is 6.84. The first-order chi connectivity index (χ1) is 8.19. The van der Waals surface area contributed by atoms with E-state index in [0.29, 0.717) is 12.6 Å². The Hall–Kier alpha value is -0.610. The van der Waals surface area contributed by atoms with Crippen molar-refractivity contribution in [2.24, 2.45) is 0 Å². The molecule has 0 spiro atoms. The van der Waals surface area contributed by atoms with Crippen molar-refractivity contribution in [3.63, 3.8) is 0 Å². The predicted molar refractivity (Wildman–Crippen MR) is 68.8 cm³/mol. The third kappa shape index (κ3) is 4.64. The van der Waals surface area contributed by atoms with E-state index < -0.39 is 0 Å². The normalized spacial score (nSPS) is 24.6. The molecule has 0 radical (unpaired) electrons. The Morgan fingerprint density at radius 2 is 2.18 bits per heavy atom. The topological polar surface area (TPSA) is 52.6 Å². The fourth-order valence-corrected chi connectivity index (χ4v) is 2.36. The van der Waals surface area contributed by atoms with Gasteiger partial charge in [0.2, 0.25) is 5.91 Å². The molecular weight excluding hydrogens is 216 g/mol. The Balaban J connectivity index is 2.50. The van der Waals surface area contributed by atoms with Gasteiger partial charge in [-0.3, -0.25) is 4.79 Å². The van der Waals surface area contributed by atoms with E-state index in [0.717, 1.165) is 38.6 Å². The molecule has 17 heavy (non-hydrogen) atoms. The molecule has 2 unspecified atom stereocenters. The quantitative estimate of drug-likeness (QED) is 0.734. The maximum atomic E-state index is 12.3. The molecule has 0 aromatic carbocycles. The lowest BCUT2D eigenvalue weighted by Gasteiger charge is -2.32. The van der Waals surface area contributed by atoms with Crippen LogP contribution in [-0.2, 0) is 4.79 Å². The highest BCUT2D eigenvalue weighted by Crippen LogP contribution is 2.14. The Morgan fingerprint density at radius 1 is 1.41 bits per heavy atom. The van der Waals surface area contributed by atoms with Gasteiger partial charge < -0.3 is 15.3 Å². The van der Waals surface area contributed by atoms with Gasteiger partial charge in [-0.25, -0.2) is 0 Å². The summed E-state index contributed by atoms with van der Waals surface area (Å²) in [7, 11) is 0. The van der Waals surface area contributed by atoms with Crippen LogP contribution in [-0.4, -0.2) is 47.7 Å². The number of carbonyl (C=O) groups excluding carboxylic acids is 1. The van der Waals surface area contributed by atoms with Crippen LogP contribution in [0.4, 0.5) is 0 Å². The number of nitrogens with one attached hydrogen (secondary N) is 1. The average Bonchev–Trinajstić information content (AvgIpc) is 2.33. The standard InChI is InChI=1S/C13H26N2O2/c1-3-4-8-15(9-10-16)13(17)12-7-5-6-11(2)14-12/h11-12,14,16H,3-10H2,1-2H3. The first-order valence-corrected chi connectivity index (χ1v) is 6.84. The molecule has 1 rings (SSSR count). The van der Waals surface area contributed by atoms with Crippen molar-refractivity contribution in [2.45, 2.75) is 58.0 Å². The second-order valence-electron chi connectivity index (χ2n) is 4.95. The molecule has 0 saturated carbocycles. The van der Waals surface area contributed by atoms with E-state index in [1.165, 1.54) is 0 Å². The Morgan fingerprint density at radius 3 is 2.76 bits per heavy atom. The van der Waals surface area contributed by atoms with Crippen molar-refractivity contribution >= 4 is 5.91 Å². The third-order valence-corrected chi connectivity index (χ3v) is 3.38. The van der Waals surface area contributed by atoms with Gasteiger partial charge in [0.25, 0.3) is 0 Å². The van der Waals surface area contributed by atoms with Crippen molar-refractivity contribution in [2.75, 3.05) is 19.7 Å². The number of piperidine rings is 1. The summed E-state index contributed by atoms with van der Waals surface area (Å²) in [5.74, 6) is 0.166. The van der Waals surface area contributed by atoms with Gasteiger partial charge in [-0.2, -0.15) is 0 Å². The van der Waals surface area contributed by atoms with Gasteiger partial charge in [-0.1, -0.05) is 13.3 Å². The molecule has 1 amide bonds. The van der Waals surface area contributed by atoms with Crippen LogP contribution in [0.1, 0.15) is 46.0 Å². The Bertz CT molecular complexity index is 233. The lowest BCUT2D eigenvalue weighted by molar-refractivity contribution is -0.135. The molecule has 1 saturated heterocycles. The van der Waals surface area contributed by atoms with Crippen LogP contribution in [0.5, 0.6) is 0 Å². The van der Waals surface area contributed by atoms with Gasteiger partial charge in [0, 0.05) is 19.1 Å². The highest BCUT2D eigenvalue weighted by Gasteiger charge is 2.27. The minimum Gasteiger partial charge on any atom is -0.395 e. The average molecular weight is 242 g/mol. The second-order valence-corrected chi connectivity index (χ2v) is 4.95. The van der Waals surface area contributed by atoms with Crippen molar-refractivity contribution in [1.82, 2.24) is 10.2 Å². The first kappa shape index (κ1) is 14.5. The van der Waals surface area contributed by atoms with Crippen molar-refractivity contribution in [1.29, 1.82) is 0 Å². The molecule has 2 atom stereocenters. The van der Waals surface area contributed by atoms with Crippen LogP contribution in [0.15, 0.2) is 0 Å². The van der Waals surface area contributed by atoms with Gasteiger partial charge in [0.15, 0.2) is 0 Å². The molecule has 0 aromatic heterocycles. The summed E-state index contributed by atoms with van der Waals surface area (Å²) in [6.07, 6.45) is 5.28. The number of amides is 1. The summed E-state index contributed by atoms with van der Waals surface area (Å²) < 4.78 is 0. The van der Waals surface area contributed by atoms with Crippen LogP contribution < -0.4 is 5.32 Å². The number of unbranched alkanes of at least 4 members (excludes halogenated alkanes) is 1. The van der Waals surface area contributed by atoms with E-state index >= 15 is 0 Å². The van der Waals surface area contributed by atoms with E-state index in [-0.39, 0.29) is 18.6 Å². The highest BCUT2D eigenvalue weighted by molar-refractivity contribution is 5.82. The zero-order chi connectivity index (χ0) is 12.7.